The predicted octanol–water partition coefficient (Wildman–Crippen LogP) is 5.91. The first-order valence-corrected chi connectivity index (χ1v) is 9.88. The summed E-state index contributed by atoms with van der Waals surface area (Å²) in [4.78, 5) is 0. The third-order valence-corrected chi connectivity index (χ3v) is 4.00. The van der Waals surface area contributed by atoms with Crippen LogP contribution >= 0.6 is 11.6 Å². The van der Waals surface area contributed by atoms with Crippen LogP contribution < -0.4 is 0 Å². The van der Waals surface area contributed by atoms with E-state index in [1.54, 1.807) is 0 Å². The molecule has 0 heterocycles. The Balaban J connectivity index is 4.79. The second-order valence-electron chi connectivity index (χ2n) is 5.65. The van der Waals surface area contributed by atoms with Crippen molar-refractivity contribution in [1.29, 1.82) is 0 Å². The van der Waals surface area contributed by atoms with Gasteiger partial charge in [-0.05, 0) is 27.2 Å². The largest absolute Gasteiger partial charge is 0.327 e. The lowest BCUT2D eigenvalue weighted by Crippen LogP contribution is -2.46. The zero-order valence-electron chi connectivity index (χ0n) is 15.6. The van der Waals surface area contributed by atoms with Gasteiger partial charge >= 0.3 is 0 Å². The molecule has 0 aliphatic heterocycles. The first-order valence-electron chi connectivity index (χ1n) is 9.35. The molecule has 0 rings (SSSR count). The van der Waals surface area contributed by atoms with Crippen molar-refractivity contribution in [3.8, 4) is 0 Å². The van der Waals surface area contributed by atoms with Crippen LogP contribution in [0.4, 0.5) is 0 Å². The van der Waals surface area contributed by atoms with Crippen molar-refractivity contribution < 1.29 is 14.2 Å². The lowest BCUT2D eigenvalue weighted by Gasteiger charge is -2.37. The molecule has 0 fully saturated rings. The molecule has 3 nitrogen and oxygen atoms in total. The lowest BCUT2D eigenvalue weighted by atomic mass is 9.97. The van der Waals surface area contributed by atoms with Crippen LogP contribution in [0, 0.1) is 5.92 Å². The summed E-state index contributed by atoms with van der Waals surface area (Å²) in [7, 11) is 0. The van der Waals surface area contributed by atoms with E-state index in [1.165, 1.54) is 32.1 Å². The van der Waals surface area contributed by atoms with E-state index in [-0.39, 0.29) is 5.92 Å². The van der Waals surface area contributed by atoms with E-state index in [2.05, 4.69) is 13.0 Å². The Morgan fingerprint density at radius 1 is 0.826 bits per heavy atom. The number of hydrogen-bond acceptors (Lipinski definition) is 3. The monoisotopic (exact) mass is 348 g/mol. The predicted molar refractivity (Wildman–Crippen MR) is 99.0 cm³/mol. The van der Waals surface area contributed by atoms with E-state index in [1.807, 2.05) is 26.8 Å². The summed E-state index contributed by atoms with van der Waals surface area (Å²) in [5.74, 6) is -0.426. The normalized spacial score (nSPS) is 13.8. The van der Waals surface area contributed by atoms with Crippen molar-refractivity contribution in [2.75, 3.05) is 25.7 Å². The molecule has 0 saturated heterocycles. The topological polar surface area (TPSA) is 27.7 Å². The van der Waals surface area contributed by atoms with Crippen molar-refractivity contribution in [1.82, 2.24) is 0 Å². The standard InChI is InChI=1S/C19H37ClO3/c1-5-9-10-11-12-13-15-18(16-14-17-20)19(21-6-2,22-7-3)23-8-4/h14,16,18H,5-13,15,17H2,1-4H3. The SMILES string of the molecule is CCCCCCCCC(C=CCCl)C(OCC)(OCC)OCC. The highest BCUT2D eigenvalue weighted by Gasteiger charge is 2.40. The van der Waals surface area contributed by atoms with E-state index in [9.17, 15) is 0 Å². The Bertz CT molecular complexity index is 265. The molecule has 0 aliphatic rings. The Labute approximate surface area is 148 Å². The zero-order chi connectivity index (χ0) is 17.4. The molecule has 0 aromatic heterocycles. The van der Waals surface area contributed by atoms with Crippen LogP contribution in [0.5, 0.6) is 0 Å². The maximum Gasteiger partial charge on any atom is 0.289 e. The molecule has 138 valence electrons. The van der Waals surface area contributed by atoms with Crippen LogP contribution in [0.25, 0.3) is 0 Å². The Morgan fingerprint density at radius 2 is 1.35 bits per heavy atom. The van der Waals surface area contributed by atoms with Gasteiger partial charge in [-0.25, -0.2) is 0 Å². The van der Waals surface area contributed by atoms with E-state index in [0.717, 1.165) is 12.8 Å². The molecule has 23 heavy (non-hydrogen) atoms. The molecule has 1 unspecified atom stereocenters. The molecule has 0 aliphatic carbocycles. The van der Waals surface area contributed by atoms with E-state index in [0.29, 0.717) is 25.7 Å². The molecule has 0 aromatic carbocycles. The van der Waals surface area contributed by atoms with Gasteiger partial charge in [-0.15, -0.1) is 11.6 Å². The summed E-state index contributed by atoms with van der Waals surface area (Å²) >= 11 is 5.84. The number of rotatable bonds is 16. The highest BCUT2D eigenvalue weighted by molar-refractivity contribution is 6.18. The highest BCUT2D eigenvalue weighted by Crippen LogP contribution is 2.31. The minimum absolute atomic E-state index is 0.0623. The number of halogens is 1. The summed E-state index contributed by atoms with van der Waals surface area (Å²) in [6.07, 6.45) is 12.7. The lowest BCUT2D eigenvalue weighted by molar-refractivity contribution is -0.395. The van der Waals surface area contributed by atoms with Crippen LogP contribution in [-0.2, 0) is 14.2 Å². The second kappa shape index (κ2) is 15.4. The smallest absolute Gasteiger partial charge is 0.289 e. The van der Waals surface area contributed by atoms with Gasteiger partial charge < -0.3 is 14.2 Å². The van der Waals surface area contributed by atoms with Crippen LogP contribution in [0.2, 0.25) is 0 Å². The van der Waals surface area contributed by atoms with Crippen LogP contribution in [0.15, 0.2) is 12.2 Å². The first kappa shape index (κ1) is 22.9. The van der Waals surface area contributed by atoms with Crippen LogP contribution in [0.1, 0.15) is 72.6 Å². The van der Waals surface area contributed by atoms with Gasteiger partial charge in [0.1, 0.15) is 0 Å². The fourth-order valence-electron chi connectivity index (χ4n) is 2.80. The molecule has 0 saturated carbocycles. The van der Waals surface area contributed by atoms with Gasteiger partial charge in [0.25, 0.3) is 5.97 Å². The number of allylic oxidation sites excluding steroid dienone is 1. The van der Waals surface area contributed by atoms with E-state index >= 15 is 0 Å². The van der Waals surface area contributed by atoms with Gasteiger partial charge in [0, 0.05) is 25.7 Å². The van der Waals surface area contributed by atoms with Gasteiger partial charge in [-0.2, -0.15) is 0 Å². The number of alkyl halides is 1. The maximum absolute atomic E-state index is 5.93. The summed E-state index contributed by atoms with van der Waals surface area (Å²) < 4.78 is 17.8. The van der Waals surface area contributed by atoms with Gasteiger partial charge in [0.2, 0.25) is 0 Å². The van der Waals surface area contributed by atoms with Crippen molar-refractivity contribution in [2.45, 2.75) is 78.6 Å². The Morgan fingerprint density at radius 3 is 1.83 bits per heavy atom. The van der Waals surface area contributed by atoms with Crippen molar-refractivity contribution in [2.24, 2.45) is 5.92 Å². The Hall–Kier alpha value is -0.0900. The van der Waals surface area contributed by atoms with E-state index in [4.69, 9.17) is 25.8 Å². The second-order valence-corrected chi connectivity index (χ2v) is 5.96. The molecule has 0 bridgehead atoms. The number of unbranched alkanes of at least 4 members (excludes halogenated alkanes) is 5. The highest BCUT2D eigenvalue weighted by atomic mass is 35.5. The third kappa shape index (κ3) is 9.71. The Kier molecular flexibility index (Phi) is 15.4. The van der Waals surface area contributed by atoms with Gasteiger partial charge in [-0.3, -0.25) is 0 Å². The van der Waals surface area contributed by atoms with Gasteiger partial charge in [0.05, 0.1) is 5.92 Å². The maximum atomic E-state index is 5.93. The van der Waals surface area contributed by atoms with Gasteiger partial charge in [-0.1, -0.05) is 57.6 Å². The quantitative estimate of drug-likeness (QED) is 0.150. The average Bonchev–Trinajstić information content (AvgIpc) is 2.54. The number of hydrogen-bond donors (Lipinski definition) is 0. The zero-order valence-corrected chi connectivity index (χ0v) is 16.4. The molecular weight excluding hydrogens is 312 g/mol. The molecular formula is C19H37ClO3. The van der Waals surface area contributed by atoms with E-state index < -0.39 is 5.97 Å². The average molecular weight is 349 g/mol. The minimum atomic E-state index is -0.982. The minimum Gasteiger partial charge on any atom is -0.327 e. The molecule has 0 N–H and O–H groups in total. The summed E-state index contributed by atoms with van der Waals surface area (Å²) in [6, 6.07) is 0. The van der Waals surface area contributed by atoms with Gasteiger partial charge in [0.15, 0.2) is 0 Å². The molecule has 0 radical (unpaired) electrons. The summed E-state index contributed by atoms with van der Waals surface area (Å²) in [5, 5.41) is 0. The fraction of sp³-hybridized carbons (Fsp3) is 0.895. The molecule has 0 spiro atoms. The van der Waals surface area contributed by atoms with Crippen LogP contribution in [-0.4, -0.2) is 31.7 Å². The van der Waals surface area contributed by atoms with Crippen LogP contribution in [0.3, 0.4) is 0 Å². The van der Waals surface area contributed by atoms with Crippen molar-refractivity contribution >= 4 is 11.6 Å². The molecule has 1 atom stereocenters. The third-order valence-electron chi connectivity index (χ3n) is 3.82. The molecule has 0 aromatic rings. The van der Waals surface area contributed by atoms with Crippen molar-refractivity contribution in [3.05, 3.63) is 12.2 Å². The molecule has 0 amide bonds. The van der Waals surface area contributed by atoms with Crippen molar-refractivity contribution in [3.63, 3.8) is 0 Å². The first-order chi connectivity index (χ1) is 11.2. The fourth-order valence-corrected chi connectivity index (χ4v) is 2.90. The number of ether oxygens (including phenoxy) is 3. The molecule has 4 heteroatoms. The summed E-state index contributed by atoms with van der Waals surface area (Å²) in [6.45, 7) is 9.83. The summed E-state index contributed by atoms with van der Waals surface area (Å²) in [5.41, 5.74) is 0.